The zero-order valence-corrected chi connectivity index (χ0v) is 20.5. The number of cyclic esters (lactones) is 1. The van der Waals surface area contributed by atoms with Gasteiger partial charge in [0.2, 0.25) is 8.41 Å². The highest BCUT2D eigenvalue weighted by Crippen LogP contribution is 2.61. The largest absolute Gasteiger partial charge is 0.447 e. The Morgan fingerprint density at radius 2 is 1.88 bits per heavy atom. The molecule has 0 saturated carbocycles. The Hall–Kier alpha value is -2.75. The van der Waals surface area contributed by atoms with Crippen molar-refractivity contribution < 1.29 is 28.3 Å². The van der Waals surface area contributed by atoms with Crippen molar-refractivity contribution in [3.8, 4) is 0 Å². The van der Waals surface area contributed by atoms with E-state index in [1.807, 2.05) is 49.4 Å². The minimum Gasteiger partial charge on any atom is -0.447 e. The molecule has 2 saturated heterocycles. The van der Waals surface area contributed by atoms with Crippen molar-refractivity contribution >= 4 is 37.5 Å². The van der Waals surface area contributed by atoms with Gasteiger partial charge in [0.15, 0.2) is 5.60 Å². The van der Waals surface area contributed by atoms with Crippen LogP contribution >= 0.6 is 0 Å². The third kappa shape index (κ3) is 3.29. The molecule has 2 aromatic carbocycles. The quantitative estimate of drug-likeness (QED) is 0.500. The van der Waals surface area contributed by atoms with Crippen molar-refractivity contribution in [3.63, 3.8) is 0 Å². The van der Waals surface area contributed by atoms with Gasteiger partial charge < -0.3 is 18.7 Å². The average Bonchev–Trinajstić information content (AvgIpc) is 3.42. The Morgan fingerprint density at radius 3 is 2.50 bits per heavy atom. The first-order valence-corrected chi connectivity index (χ1v) is 14.6. The highest BCUT2D eigenvalue weighted by atomic mass is 28.4. The highest BCUT2D eigenvalue weighted by molar-refractivity contribution is 6.72. The number of hydrogen-bond donors (Lipinski definition) is 1. The van der Waals surface area contributed by atoms with Crippen LogP contribution in [-0.2, 0) is 19.9 Å². The molecule has 1 N–H and O–H groups in total. The van der Waals surface area contributed by atoms with Gasteiger partial charge in [0.1, 0.15) is 6.61 Å². The number of amides is 2. The number of aliphatic hydroxyl groups is 1. The van der Waals surface area contributed by atoms with Gasteiger partial charge in [-0.25, -0.2) is 4.79 Å². The van der Waals surface area contributed by atoms with E-state index in [9.17, 15) is 14.7 Å². The summed E-state index contributed by atoms with van der Waals surface area (Å²) in [7, 11) is -3.27. The summed E-state index contributed by atoms with van der Waals surface area (Å²) in [6.07, 6.45) is -0.769. The lowest BCUT2D eigenvalue weighted by Gasteiger charge is -2.31. The van der Waals surface area contributed by atoms with Gasteiger partial charge in [0.05, 0.1) is 18.3 Å². The summed E-state index contributed by atoms with van der Waals surface area (Å²) in [5.74, 6) is -0.734. The molecule has 2 aromatic rings. The zero-order valence-electron chi connectivity index (χ0n) is 19.5. The van der Waals surface area contributed by atoms with Crippen molar-refractivity contribution in [3.05, 3.63) is 54.1 Å². The number of halogens is 1. The van der Waals surface area contributed by atoms with Crippen LogP contribution in [0.4, 0.5) is 26.0 Å². The maximum atomic E-state index is 15.6. The Bertz CT molecular complexity index is 1120. The molecule has 0 bridgehead atoms. The first-order chi connectivity index (χ1) is 16.2. The molecule has 7 nitrogen and oxygen atoms in total. The first kappa shape index (κ1) is 23.0. The van der Waals surface area contributed by atoms with Crippen LogP contribution in [0.1, 0.15) is 18.9 Å². The van der Waals surface area contributed by atoms with Gasteiger partial charge >= 0.3 is 6.09 Å². The van der Waals surface area contributed by atoms with Crippen LogP contribution in [0.5, 0.6) is 0 Å². The van der Waals surface area contributed by atoms with Crippen LogP contribution in [0.2, 0.25) is 18.6 Å². The van der Waals surface area contributed by atoms with E-state index >= 15 is 4.11 Å². The molecule has 2 amide bonds. The standard InChI is InChI=1S/C25H29FN2O5Si/c1-16-22(34(2,3)26)21(11-13-29)33-25(16)19-15-18(27-12-14-32-24(27)31)9-10-20(19)28(23(25)30)17-7-5-4-6-8-17/h4-10,15-16,21-22,29H,11-14H2,1-3H3/t16-,21+,22-,25+/m0/s1. The predicted molar refractivity (Wildman–Crippen MR) is 128 cm³/mol. The molecule has 34 heavy (non-hydrogen) atoms. The van der Waals surface area contributed by atoms with Gasteiger partial charge in [0.25, 0.3) is 5.91 Å². The molecular formula is C25H29FN2O5Si. The number of anilines is 3. The maximum Gasteiger partial charge on any atom is 0.414 e. The van der Waals surface area contributed by atoms with E-state index in [1.165, 1.54) is 4.90 Å². The topological polar surface area (TPSA) is 79.3 Å². The molecule has 180 valence electrons. The fraction of sp³-hybridized carbons (Fsp3) is 0.440. The highest BCUT2D eigenvalue weighted by Gasteiger charge is 2.67. The van der Waals surface area contributed by atoms with Crippen molar-refractivity contribution in [2.24, 2.45) is 5.92 Å². The number of aliphatic hydroxyl groups excluding tert-OH is 1. The smallest absolute Gasteiger partial charge is 0.414 e. The molecular weight excluding hydrogens is 455 g/mol. The van der Waals surface area contributed by atoms with Gasteiger partial charge in [-0.2, -0.15) is 0 Å². The Labute approximate surface area is 199 Å². The SMILES string of the molecule is C[C@H]1[C@H]([Si](C)(C)F)[C@@H](CCO)O[C@]12C(=O)N(c1ccccc1)c1ccc(N3CCOC3=O)cc12. The molecule has 3 aliphatic rings. The van der Waals surface area contributed by atoms with Gasteiger partial charge in [-0.05, 0) is 49.8 Å². The van der Waals surface area contributed by atoms with E-state index in [0.717, 1.165) is 0 Å². The fourth-order valence-electron chi connectivity index (χ4n) is 5.99. The molecule has 5 rings (SSSR count). The van der Waals surface area contributed by atoms with Gasteiger partial charge in [0, 0.05) is 35.0 Å². The lowest BCUT2D eigenvalue weighted by atomic mass is 9.82. The molecule has 0 unspecified atom stereocenters. The summed E-state index contributed by atoms with van der Waals surface area (Å²) in [6, 6.07) is 14.7. The summed E-state index contributed by atoms with van der Waals surface area (Å²) in [5.41, 5.74) is 0.682. The average molecular weight is 485 g/mol. The van der Waals surface area contributed by atoms with Crippen molar-refractivity contribution in [2.75, 3.05) is 29.6 Å². The van der Waals surface area contributed by atoms with Crippen molar-refractivity contribution in [1.29, 1.82) is 0 Å². The summed E-state index contributed by atoms with van der Waals surface area (Å²) < 4.78 is 27.3. The number of rotatable bonds is 5. The van der Waals surface area contributed by atoms with Crippen LogP contribution in [0.15, 0.2) is 48.5 Å². The normalized spacial score (nSPS) is 28.7. The molecule has 0 radical (unpaired) electrons. The number of carbonyl (C=O) groups is 2. The molecule has 4 atom stereocenters. The third-order valence-electron chi connectivity index (χ3n) is 7.35. The zero-order chi connectivity index (χ0) is 24.3. The fourth-order valence-corrected chi connectivity index (χ4v) is 8.53. The number of fused-ring (bicyclic) bond motifs is 2. The van der Waals surface area contributed by atoms with E-state index < -0.39 is 37.7 Å². The lowest BCUT2D eigenvalue weighted by Crippen LogP contribution is -2.44. The second-order valence-corrected chi connectivity index (χ2v) is 13.5. The monoisotopic (exact) mass is 484 g/mol. The second-order valence-electron chi connectivity index (χ2n) is 9.73. The predicted octanol–water partition coefficient (Wildman–Crippen LogP) is 4.48. The number of para-hydroxylation sites is 1. The molecule has 3 aliphatic heterocycles. The van der Waals surface area contributed by atoms with Crippen LogP contribution < -0.4 is 9.80 Å². The van der Waals surface area contributed by atoms with Crippen LogP contribution in [-0.4, -0.2) is 51.4 Å². The summed E-state index contributed by atoms with van der Waals surface area (Å²) in [4.78, 5) is 29.6. The van der Waals surface area contributed by atoms with E-state index in [0.29, 0.717) is 35.8 Å². The number of benzene rings is 2. The Kier molecular flexibility index (Phi) is 5.53. The van der Waals surface area contributed by atoms with Crippen molar-refractivity contribution in [1.82, 2.24) is 0 Å². The maximum absolute atomic E-state index is 15.6. The Balaban J connectivity index is 1.70. The van der Waals surface area contributed by atoms with E-state index in [-0.39, 0.29) is 18.9 Å². The van der Waals surface area contributed by atoms with E-state index in [1.54, 1.807) is 24.1 Å². The van der Waals surface area contributed by atoms with Crippen LogP contribution in [0.25, 0.3) is 0 Å². The van der Waals surface area contributed by atoms with Gasteiger partial charge in [-0.1, -0.05) is 25.1 Å². The Morgan fingerprint density at radius 1 is 1.15 bits per heavy atom. The first-order valence-electron chi connectivity index (χ1n) is 11.7. The van der Waals surface area contributed by atoms with Crippen LogP contribution in [0, 0.1) is 5.92 Å². The van der Waals surface area contributed by atoms with E-state index in [4.69, 9.17) is 9.47 Å². The number of ether oxygens (including phenoxy) is 2. The van der Waals surface area contributed by atoms with Crippen LogP contribution in [0.3, 0.4) is 0 Å². The minimum absolute atomic E-state index is 0.155. The molecule has 0 aromatic heterocycles. The van der Waals surface area contributed by atoms with Gasteiger partial charge in [-0.15, -0.1) is 0 Å². The minimum atomic E-state index is -3.27. The lowest BCUT2D eigenvalue weighted by molar-refractivity contribution is -0.145. The number of carbonyl (C=O) groups excluding carboxylic acids is 2. The molecule has 1 spiro atoms. The van der Waals surface area contributed by atoms with Crippen molar-refractivity contribution in [2.45, 2.75) is 43.7 Å². The molecule has 9 heteroatoms. The molecule has 0 aliphatic carbocycles. The summed E-state index contributed by atoms with van der Waals surface area (Å²) in [6.45, 7) is 5.70. The molecule has 3 heterocycles. The number of hydrogen-bond acceptors (Lipinski definition) is 5. The number of nitrogens with zero attached hydrogens (tertiary/aromatic N) is 2. The van der Waals surface area contributed by atoms with E-state index in [2.05, 4.69) is 0 Å². The van der Waals surface area contributed by atoms with Gasteiger partial charge in [-0.3, -0.25) is 14.6 Å². The second kappa shape index (κ2) is 8.18. The third-order valence-corrected chi connectivity index (χ3v) is 9.81. The molecule has 2 fully saturated rings. The summed E-state index contributed by atoms with van der Waals surface area (Å²) >= 11 is 0. The summed E-state index contributed by atoms with van der Waals surface area (Å²) in [5, 5.41) is 9.70.